The molecule has 1 aliphatic heterocycles. The SMILES string of the molecule is CC(C)(C)Oc1cc(/C=C/B2OC(C)(C)C(C)(C)O2)ccn1. The van der Waals surface area contributed by atoms with E-state index < -0.39 is 0 Å². The zero-order chi connectivity index (χ0) is 16.6. The maximum atomic E-state index is 5.94. The second-order valence-corrected chi connectivity index (χ2v) is 7.63. The van der Waals surface area contributed by atoms with E-state index >= 15 is 0 Å². The molecule has 2 rings (SSSR count). The molecule has 0 aliphatic carbocycles. The van der Waals surface area contributed by atoms with Gasteiger partial charge in [0.25, 0.3) is 0 Å². The summed E-state index contributed by atoms with van der Waals surface area (Å²) in [4.78, 5) is 4.23. The highest BCUT2D eigenvalue weighted by atomic mass is 16.7. The van der Waals surface area contributed by atoms with Crippen molar-refractivity contribution in [2.24, 2.45) is 0 Å². The Kier molecular flexibility index (Phi) is 4.42. The molecule has 1 aliphatic rings. The van der Waals surface area contributed by atoms with Gasteiger partial charge in [0.1, 0.15) is 5.60 Å². The predicted molar refractivity (Wildman–Crippen MR) is 89.7 cm³/mol. The molecule has 0 atom stereocenters. The Morgan fingerprint density at radius 3 is 2.27 bits per heavy atom. The molecular weight excluding hydrogens is 277 g/mol. The van der Waals surface area contributed by atoms with Gasteiger partial charge in [0, 0.05) is 12.3 Å². The third kappa shape index (κ3) is 4.11. The zero-order valence-electron chi connectivity index (χ0n) is 14.6. The van der Waals surface area contributed by atoms with E-state index in [0.29, 0.717) is 5.88 Å². The van der Waals surface area contributed by atoms with Crippen LogP contribution in [0.2, 0.25) is 0 Å². The molecule has 0 bridgehead atoms. The molecule has 22 heavy (non-hydrogen) atoms. The molecule has 1 saturated heterocycles. The summed E-state index contributed by atoms with van der Waals surface area (Å²) in [5.41, 5.74) is 0.103. The lowest BCUT2D eigenvalue weighted by atomic mass is 9.89. The van der Waals surface area contributed by atoms with Gasteiger partial charge in [-0.3, -0.25) is 0 Å². The van der Waals surface area contributed by atoms with Crippen molar-refractivity contribution in [2.45, 2.75) is 65.3 Å². The van der Waals surface area contributed by atoms with E-state index in [0.717, 1.165) is 5.56 Å². The van der Waals surface area contributed by atoms with Gasteiger partial charge in [-0.1, -0.05) is 12.1 Å². The number of aromatic nitrogens is 1. The van der Waals surface area contributed by atoms with E-state index in [-0.39, 0.29) is 23.9 Å². The monoisotopic (exact) mass is 303 g/mol. The van der Waals surface area contributed by atoms with E-state index in [9.17, 15) is 0 Å². The van der Waals surface area contributed by atoms with Gasteiger partial charge in [0.15, 0.2) is 0 Å². The molecule has 0 N–H and O–H groups in total. The van der Waals surface area contributed by atoms with Crippen molar-refractivity contribution in [2.75, 3.05) is 0 Å². The zero-order valence-corrected chi connectivity index (χ0v) is 14.6. The number of nitrogens with zero attached hydrogens (tertiary/aromatic N) is 1. The van der Waals surface area contributed by atoms with E-state index in [4.69, 9.17) is 14.0 Å². The maximum Gasteiger partial charge on any atom is 0.487 e. The van der Waals surface area contributed by atoms with Crippen LogP contribution in [-0.2, 0) is 9.31 Å². The topological polar surface area (TPSA) is 40.6 Å². The molecular formula is C17H26BNO3. The van der Waals surface area contributed by atoms with Gasteiger partial charge in [0.2, 0.25) is 5.88 Å². The molecule has 1 fully saturated rings. The van der Waals surface area contributed by atoms with Crippen LogP contribution in [0.3, 0.4) is 0 Å². The molecule has 0 saturated carbocycles. The summed E-state index contributed by atoms with van der Waals surface area (Å²) >= 11 is 0. The van der Waals surface area contributed by atoms with Gasteiger partial charge in [0.05, 0.1) is 11.2 Å². The van der Waals surface area contributed by atoms with E-state index in [1.165, 1.54) is 0 Å². The van der Waals surface area contributed by atoms with Gasteiger partial charge < -0.3 is 14.0 Å². The first-order valence-corrected chi connectivity index (χ1v) is 7.67. The average Bonchev–Trinajstić information content (AvgIpc) is 2.54. The van der Waals surface area contributed by atoms with Crippen LogP contribution >= 0.6 is 0 Å². The first-order valence-electron chi connectivity index (χ1n) is 7.67. The molecule has 0 spiro atoms. The van der Waals surface area contributed by atoms with Gasteiger partial charge in [-0.15, -0.1) is 0 Å². The minimum atomic E-state index is -0.342. The summed E-state index contributed by atoms with van der Waals surface area (Å²) < 4.78 is 17.7. The fourth-order valence-electron chi connectivity index (χ4n) is 2.05. The van der Waals surface area contributed by atoms with Crippen molar-refractivity contribution in [1.29, 1.82) is 0 Å². The van der Waals surface area contributed by atoms with Crippen molar-refractivity contribution in [3.8, 4) is 5.88 Å². The second kappa shape index (κ2) is 5.71. The Morgan fingerprint density at radius 2 is 1.73 bits per heavy atom. The van der Waals surface area contributed by atoms with Crippen LogP contribution in [0, 0.1) is 0 Å². The summed E-state index contributed by atoms with van der Waals surface area (Å²) in [6.07, 6.45) is 3.71. The Bertz CT molecular complexity index is 545. The van der Waals surface area contributed by atoms with E-state index in [1.807, 2.05) is 72.7 Å². The summed E-state index contributed by atoms with van der Waals surface area (Å²) in [6, 6.07) is 3.84. The molecule has 0 radical (unpaired) electrons. The first kappa shape index (κ1) is 17.0. The largest absolute Gasteiger partial charge is 0.487 e. The van der Waals surface area contributed by atoms with Gasteiger partial charge in [-0.05, 0) is 60.1 Å². The van der Waals surface area contributed by atoms with Crippen LogP contribution in [-0.4, -0.2) is 28.9 Å². The lowest BCUT2D eigenvalue weighted by molar-refractivity contribution is 0.00578. The molecule has 4 nitrogen and oxygen atoms in total. The molecule has 0 aromatic carbocycles. The van der Waals surface area contributed by atoms with E-state index in [1.54, 1.807) is 6.20 Å². The van der Waals surface area contributed by atoms with Crippen LogP contribution in [0.4, 0.5) is 0 Å². The van der Waals surface area contributed by atoms with Crippen LogP contribution in [0.25, 0.3) is 6.08 Å². The smallest absolute Gasteiger partial charge is 0.472 e. The summed E-state index contributed by atoms with van der Waals surface area (Å²) in [5, 5.41) is 0. The average molecular weight is 303 g/mol. The number of pyridine rings is 1. The summed E-state index contributed by atoms with van der Waals surface area (Å²) in [6.45, 7) is 14.2. The molecule has 1 aromatic heterocycles. The highest BCUT2D eigenvalue weighted by molar-refractivity contribution is 6.52. The lowest BCUT2D eigenvalue weighted by Crippen LogP contribution is -2.41. The van der Waals surface area contributed by atoms with Crippen LogP contribution in [0.1, 0.15) is 54.0 Å². The first-order chi connectivity index (χ1) is 9.98. The second-order valence-electron chi connectivity index (χ2n) is 7.63. The third-order valence-electron chi connectivity index (χ3n) is 3.89. The highest BCUT2D eigenvalue weighted by Crippen LogP contribution is 2.37. The fourth-order valence-corrected chi connectivity index (χ4v) is 2.05. The van der Waals surface area contributed by atoms with Crippen molar-refractivity contribution >= 4 is 13.2 Å². The third-order valence-corrected chi connectivity index (χ3v) is 3.89. The molecule has 2 heterocycles. The van der Waals surface area contributed by atoms with Crippen molar-refractivity contribution in [1.82, 2.24) is 4.98 Å². The highest BCUT2D eigenvalue weighted by Gasteiger charge is 2.49. The molecule has 120 valence electrons. The van der Waals surface area contributed by atoms with Gasteiger partial charge >= 0.3 is 7.12 Å². The van der Waals surface area contributed by atoms with Gasteiger partial charge in [-0.25, -0.2) is 4.98 Å². The fraction of sp³-hybridized carbons (Fsp3) is 0.588. The molecule has 5 heteroatoms. The lowest BCUT2D eigenvalue weighted by Gasteiger charge is -2.32. The van der Waals surface area contributed by atoms with Crippen LogP contribution in [0.5, 0.6) is 5.88 Å². The number of ether oxygens (including phenoxy) is 1. The predicted octanol–water partition coefficient (Wildman–Crippen LogP) is 3.90. The van der Waals surface area contributed by atoms with Crippen molar-refractivity contribution in [3.63, 3.8) is 0 Å². The number of rotatable bonds is 3. The van der Waals surface area contributed by atoms with E-state index in [2.05, 4.69) is 4.98 Å². The maximum absolute atomic E-state index is 5.94. The van der Waals surface area contributed by atoms with Crippen LogP contribution < -0.4 is 4.74 Å². The van der Waals surface area contributed by atoms with Gasteiger partial charge in [-0.2, -0.15) is 0 Å². The van der Waals surface area contributed by atoms with Crippen molar-refractivity contribution < 1.29 is 14.0 Å². The van der Waals surface area contributed by atoms with Crippen molar-refractivity contribution in [3.05, 3.63) is 29.9 Å². The molecule has 1 aromatic rings. The summed E-state index contributed by atoms with van der Waals surface area (Å²) in [7, 11) is -0.342. The van der Waals surface area contributed by atoms with Crippen LogP contribution in [0.15, 0.2) is 24.3 Å². The number of hydrogen-bond donors (Lipinski definition) is 0. The quantitative estimate of drug-likeness (QED) is 0.794. The number of hydrogen-bond acceptors (Lipinski definition) is 4. The molecule has 0 amide bonds. The standard InChI is InChI=1S/C17H26BNO3/c1-15(2,3)20-14-12-13(9-11-19-14)8-10-18-21-16(4,5)17(6,7)22-18/h8-12H,1-7H3/b10-8+. The minimum absolute atomic E-state index is 0.263. The Labute approximate surface area is 134 Å². The molecule has 0 unspecified atom stereocenters. The normalized spacial score (nSPS) is 20.6. The Balaban J connectivity index is 2.07. The Hall–Kier alpha value is -1.33. The summed E-state index contributed by atoms with van der Waals surface area (Å²) in [5.74, 6) is 2.54. The Morgan fingerprint density at radius 1 is 1.14 bits per heavy atom. The minimum Gasteiger partial charge on any atom is -0.472 e.